The van der Waals surface area contributed by atoms with Gasteiger partial charge in [0.05, 0.1) is 0 Å². The standard InChI is InChI=1S/C22H40O8/c1-2-3-4-5-6-7-8-9-10-11-12-13-14-15-16(23)17(24)18(25)19(26)20(27)21(28)22(29)30/h18-21,25-28H,2-15H2,1H3,(H,29,30)/t18-,19+,20+,21-/m0/s1. The fourth-order valence-electron chi connectivity index (χ4n) is 3.27. The Bertz CT molecular complexity index is 494. The van der Waals surface area contributed by atoms with Crippen molar-refractivity contribution in [1.82, 2.24) is 0 Å². The Balaban J connectivity index is 3.83. The number of Topliss-reactive ketones (excluding diaryl/α,β-unsaturated/α-hetero) is 2. The van der Waals surface area contributed by atoms with E-state index >= 15 is 0 Å². The summed E-state index contributed by atoms with van der Waals surface area (Å²) in [7, 11) is 0. The summed E-state index contributed by atoms with van der Waals surface area (Å²) in [5.41, 5.74) is 0. The molecule has 0 heterocycles. The predicted molar refractivity (Wildman–Crippen MR) is 112 cm³/mol. The third-order valence-electron chi connectivity index (χ3n) is 5.30. The number of aliphatic hydroxyl groups is 4. The smallest absolute Gasteiger partial charge is 0.335 e. The number of hydrogen-bond acceptors (Lipinski definition) is 7. The quantitative estimate of drug-likeness (QED) is 0.145. The molecule has 0 unspecified atom stereocenters. The van der Waals surface area contributed by atoms with Gasteiger partial charge in [-0.1, -0.05) is 84.0 Å². The molecule has 0 aromatic carbocycles. The summed E-state index contributed by atoms with van der Waals surface area (Å²) in [6, 6.07) is 0. The molecule has 0 aromatic heterocycles. The van der Waals surface area contributed by atoms with Gasteiger partial charge in [-0.25, -0.2) is 4.79 Å². The Morgan fingerprint density at radius 3 is 1.37 bits per heavy atom. The maximum Gasteiger partial charge on any atom is 0.335 e. The van der Waals surface area contributed by atoms with E-state index in [-0.39, 0.29) is 6.42 Å². The number of rotatable bonds is 20. The molecule has 0 bridgehead atoms. The van der Waals surface area contributed by atoms with Crippen LogP contribution in [0.25, 0.3) is 0 Å². The molecule has 5 N–H and O–H groups in total. The lowest BCUT2D eigenvalue weighted by molar-refractivity contribution is -0.166. The van der Waals surface area contributed by atoms with E-state index in [9.17, 15) is 29.7 Å². The van der Waals surface area contributed by atoms with Crippen molar-refractivity contribution >= 4 is 17.5 Å². The highest BCUT2D eigenvalue weighted by Gasteiger charge is 2.38. The SMILES string of the molecule is CCCCCCCCCCCCCCCC(=O)C(=O)[C@H](O)[C@@H](O)[C@@H](O)[C@H](O)C(=O)O. The second kappa shape index (κ2) is 17.3. The molecule has 0 aliphatic rings. The highest BCUT2D eigenvalue weighted by Crippen LogP contribution is 2.14. The van der Waals surface area contributed by atoms with Gasteiger partial charge in [-0.05, 0) is 6.42 Å². The van der Waals surface area contributed by atoms with Crippen LogP contribution in [0.3, 0.4) is 0 Å². The molecule has 0 saturated heterocycles. The van der Waals surface area contributed by atoms with Crippen LogP contribution in [0, 0.1) is 0 Å². The van der Waals surface area contributed by atoms with E-state index in [0.717, 1.165) is 25.7 Å². The Morgan fingerprint density at radius 1 is 0.600 bits per heavy atom. The molecule has 8 nitrogen and oxygen atoms in total. The van der Waals surface area contributed by atoms with Gasteiger partial charge in [0.2, 0.25) is 11.6 Å². The van der Waals surface area contributed by atoms with Crippen molar-refractivity contribution in [3.63, 3.8) is 0 Å². The van der Waals surface area contributed by atoms with Crippen LogP contribution in [-0.2, 0) is 14.4 Å². The number of carboxylic acids is 1. The zero-order chi connectivity index (χ0) is 22.9. The van der Waals surface area contributed by atoms with Gasteiger partial charge in [0.1, 0.15) is 18.3 Å². The Morgan fingerprint density at radius 2 is 0.967 bits per heavy atom. The lowest BCUT2D eigenvalue weighted by atomic mass is 9.96. The van der Waals surface area contributed by atoms with Crippen LogP contribution in [0.1, 0.15) is 96.8 Å². The normalized spacial score (nSPS) is 15.4. The summed E-state index contributed by atoms with van der Waals surface area (Å²) in [6.07, 6.45) is 5.43. The summed E-state index contributed by atoms with van der Waals surface area (Å²) in [4.78, 5) is 34.2. The largest absolute Gasteiger partial charge is 0.479 e. The zero-order valence-corrected chi connectivity index (χ0v) is 18.2. The minimum atomic E-state index is -2.38. The van der Waals surface area contributed by atoms with Gasteiger partial charge in [0.25, 0.3) is 0 Å². The summed E-state index contributed by atoms with van der Waals surface area (Å²) in [5, 5.41) is 46.5. The second-order valence-corrected chi connectivity index (χ2v) is 7.99. The maximum absolute atomic E-state index is 11.8. The van der Waals surface area contributed by atoms with Crippen LogP contribution in [-0.4, -0.2) is 67.5 Å². The van der Waals surface area contributed by atoms with Crippen LogP contribution in [0.2, 0.25) is 0 Å². The van der Waals surface area contributed by atoms with Gasteiger partial charge in [0.15, 0.2) is 6.10 Å². The summed E-state index contributed by atoms with van der Waals surface area (Å²) in [5.74, 6) is -4.00. The van der Waals surface area contributed by atoms with E-state index in [1.807, 2.05) is 0 Å². The third kappa shape index (κ3) is 12.4. The fraction of sp³-hybridized carbons (Fsp3) is 0.864. The van der Waals surface area contributed by atoms with E-state index < -0.39 is 42.0 Å². The molecule has 0 rings (SSSR count). The van der Waals surface area contributed by atoms with Crippen molar-refractivity contribution in [2.75, 3.05) is 0 Å². The van der Waals surface area contributed by atoms with Crippen LogP contribution >= 0.6 is 0 Å². The highest BCUT2D eigenvalue weighted by molar-refractivity contribution is 6.38. The monoisotopic (exact) mass is 432 g/mol. The molecular formula is C22H40O8. The third-order valence-corrected chi connectivity index (χ3v) is 5.30. The average molecular weight is 433 g/mol. The molecule has 176 valence electrons. The number of carboxylic acid groups (broad SMARTS) is 1. The predicted octanol–water partition coefficient (Wildman–Crippen LogP) is 2.13. The molecule has 0 amide bonds. The van der Waals surface area contributed by atoms with E-state index in [4.69, 9.17) is 10.2 Å². The summed E-state index contributed by atoms with van der Waals surface area (Å²) in [6.45, 7) is 2.21. The minimum Gasteiger partial charge on any atom is -0.479 e. The summed E-state index contributed by atoms with van der Waals surface area (Å²) < 4.78 is 0. The van der Waals surface area contributed by atoms with Crippen molar-refractivity contribution in [3.05, 3.63) is 0 Å². The lowest BCUT2D eigenvalue weighted by Gasteiger charge is -2.23. The first-order chi connectivity index (χ1) is 14.2. The van der Waals surface area contributed by atoms with Crippen LogP contribution in [0.15, 0.2) is 0 Å². The fourth-order valence-corrected chi connectivity index (χ4v) is 3.27. The molecule has 8 heteroatoms. The maximum atomic E-state index is 11.8. The van der Waals surface area contributed by atoms with Crippen molar-refractivity contribution < 1.29 is 39.9 Å². The topological polar surface area (TPSA) is 152 Å². The van der Waals surface area contributed by atoms with Crippen molar-refractivity contribution in [1.29, 1.82) is 0 Å². The van der Waals surface area contributed by atoms with Gasteiger partial charge in [-0.3, -0.25) is 9.59 Å². The van der Waals surface area contributed by atoms with Crippen molar-refractivity contribution in [3.8, 4) is 0 Å². The van der Waals surface area contributed by atoms with Gasteiger partial charge >= 0.3 is 5.97 Å². The molecule has 30 heavy (non-hydrogen) atoms. The van der Waals surface area contributed by atoms with Crippen LogP contribution in [0.4, 0.5) is 0 Å². The summed E-state index contributed by atoms with van der Waals surface area (Å²) >= 11 is 0. The number of aliphatic carboxylic acids is 1. The molecule has 0 spiro atoms. The molecule has 4 atom stereocenters. The van der Waals surface area contributed by atoms with Crippen molar-refractivity contribution in [2.24, 2.45) is 0 Å². The minimum absolute atomic E-state index is 0.0854. The average Bonchev–Trinajstić information content (AvgIpc) is 2.73. The van der Waals surface area contributed by atoms with Crippen molar-refractivity contribution in [2.45, 2.75) is 121 Å². The number of carbonyl (C=O) groups excluding carboxylic acids is 2. The first-order valence-corrected chi connectivity index (χ1v) is 11.3. The number of carbonyl (C=O) groups is 3. The van der Waals surface area contributed by atoms with Gasteiger partial charge in [-0.2, -0.15) is 0 Å². The number of hydrogen-bond donors (Lipinski definition) is 5. The molecule has 0 aliphatic heterocycles. The van der Waals surface area contributed by atoms with Crippen LogP contribution in [0.5, 0.6) is 0 Å². The van der Waals surface area contributed by atoms with E-state index in [1.54, 1.807) is 0 Å². The van der Waals surface area contributed by atoms with Gasteiger partial charge < -0.3 is 25.5 Å². The molecule has 0 aliphatic carbocycles. The molecular weight excluding hydrogens is 392 g/mol. The van der Waals surface area contributed by atoms with Crippen LogP contribution < -0.4 is 0 Å². The first-order valence-electron chi connectivity index (χ1n) is 11.3. The molecule has 0 saturated carbocycles. The number of aliphatic hydroxyl groups excluding tert-OH is 4. The first kappa shape index (κ1) is 28.6. The molecule has 0 aromatic rings. The van der Waals surface area contributed by atoms with Gasteiger partial charge in [0, 0.05) is 6.42 Å². The van der Waals surface area contributed by atoms with E-state index in [2.05, 4.69) is 6.92 Å². The Kier molecular flexibility index (Phi) is 16.6. The Hall–Kier alpha value is -1.35. The second-order valence-electron chi connectivity index (χ2n) is 7.99. The van der Waals surface area contributed by atoms with Gasteiger partial charge in [-0.15, -0.1) is 0 Å². The highest BCUT2D eigenvalue weighted by atomic mass is 16.4. The van der Waals surface area contributed by atoms with E-state index in [1.165, 1.54) is 51.4 Å². The Labute approximate surface area is 179 Å². The lowest BCUT2D eigenvalue weighted by Crippen LogP contribution is -2.51. The molecule has 0 radical (unpaired) electrons. The number of ketones is 2. The zero-order valence-electron chi connectivity index (χ0n) is 18.2. The molecule has 0 fully saturated rings. The number of unbranched alkanes of at least 4 members (excludes halogenated alkanes) is 12. The van der Waals surface area contributed by atoms with E-state index in [0.29, 0.717) is 6.42 Å².